The maximum atomic E-state index is 12.7. The van der Waals surface area contributed by atoms with Crippen molar-refractivity contribution in [3.05, 3.63) is 89.9 Å². The highest BCUT2D eigenvalue weighted by molar-refractivity contribution is 5.99. The maximum absolute atomic E-state index is 12.7. The van der Waals surface area contributed by atoms with E-state index in [0.29, 0.717) is 35.0 Å². The number of aromatic nitrogens is 3. The molecule has 0 fully saturated rings. The summed E-state index contributed by atoms with van der Waals surface area (Å²) >= 11 is 0. The maximum Gasteiger partial charge on any atom is 0.227 e. The summed E-state index contributed by atoms with van der Waals surface area (Å²) in [6, 6.07) is 18.0. The first-order valence-corrected chi connectivity index (χ1v) is 11.3. The van der Waals surface area contributed by atoms with Gasteiger partial charge in [0.15, 0.2) is 11.6 Å². The molecule has 0 aliphatic carbocycles. The quantitative estimate of drug-likeness (QED) is 0.395. The first kappa shape index (κ1) is 22.3. The van der Waals surface area contributed by atoms with Crippen LogP contribution in [0.2, 0.25) is 0 Å². The fourth-order valence-electron chi connectivity index (χ4n) is 3.93. The second-order valence-corrected chi connectivity index (χ2v) is 8.36. The fraction of sp³-hybridized carbons (Fsp3) is 0.185. The molecule has 0 saturated heterocycles. The molecule has 0 bridgehead atoms. The number of pyridine rings is 1. The predicted octanol–water partition coefficient (Wildman–Crippen LogP) is 4.12. The smallest absolute Gasteiger partial charge is 0.227 e. The Labute approximate surface area is 202 Å². The lowest BCUT2D eigenvalue weighted by molar-refractivity contribution is -0.126. The Morgan fingerprint density at radius 2 is 1.94 bits per heavy atom. The van der Waals surface area contributed by atoms with Gasteiger partial charge >= 0.3 is 0 Å². The molecule has 3 heterocycles. The van der Waals surface area contributed by atoms with E-state index in [0.717, 1.165) is 17.0 Å². The van der Waals surface area contributed by atoms with Crippen LogP contribution in [0.1, 0.15) is 21.6 Å². The van der Waals surface area contributed by atoms with E-state index < -0.39 is 5.92 Å². The van der Waals surface area contributed by atoms with E-state index in [1.807, 2.05) is 43.5 Å². The number of carbonyl (C=O) groups excluding carboxylic acids is 2. The summed E-state index contributed by atoms with van der Waals surface area (Å²) < 4.78 is 11.9. The molecule has 4 aromatic rings. The number of H-pyrrole nitrogens is 1. The molecule has 1 atom stereocenters. The summed E-state index contributed by atoms with van der Waals surface area (Å²) in [5.41, 5.74) is 3.00. The average molecular weight is 469 g/mol. The monoisotopic (exact) mass is 468 g/mol. The number of fused-ring (bicyclic) bond motifs is 1. The van der Waals surface area contributed by atoms with E-state index >= 15 is 0 Å². The highest BCUT2D eigenvalue weighted by atomic mass is 16.5. The van der Waals surface area contributed by atoms with Gasteiger partial charge in [-0.3, -0.25) is 14.6 Å². The number of imidazole rings is 1. The molecule has 176 valence electrons. The molecular weight excluding hydrogens is 444 g/mol. The standard InChI is InChI=1S/C27H24N4O4/c1-17-14-29-26(31-17)23-13-22(9-10-28-23)35-21-7-8-25-19(12-21)11-20(16-34-25)27(33)30-15-24(32)18-5-3-2-4-6-18/h2-10,12-14,20H,11,15-16H2,1H3,(H,29,31)(H,30,33). The molecule has 8 heteroatoms. The predicted molar refractivity (Wildman–Crippen MR) is 130 cm³/mol. The van der Waals surface area contributed by atoms with Crippen LogP contribution < -0.4 is 14.8 Å². The van der Waals surface area contributed by atoms with Gasteiger partial charge in [0.1, 0.15) is 29.5 Å². The van der Waals surface area contributed by atoms with E-state index in [2.05, 4.69) is 20.3 Å². The molecule has 0 radical (unpaired) electrons. The first-order chi connectivity index (χ1) is 17.0. The number of hydrogen-bond donors (Lipinski definition) is 2. The molecule has 2 N–H and O–H groups in total. The molecule has 8 nitrogen and oxygen atoms in total. The van der Waals surface area contributed by atoms with Crippen molar-refractivity contribution in [3.8, 4) is 28.8 Å². The van der Waals surface area contributed by atoms with Crippen LogP contribution in [0.15, 0.2) is 73.1 Å². The summed E-state index contributed by atoms with van der Waals surface area (Å²) in [7, 11) is 0. The van der Waals surface area contributed by atoms with Crippen molar-refractivity contribution in [1.82, 2.24) is 20.3 Å². The number of Topliss-reactive ketones (excluding diaryl/α,β-unsaturated/α-hetero) is 1. The molecule has 2 aromatic heterocycles. The minimum atomic E-state index is -0.393. The van der Waals surface area contributed by atoms with Gasteiger partial charge in [-0.25, -0.2) is 4.98 Å². The normalized spacial score (nSPS) is 14.5. The molecule has 0 spiro atoms. The van der Waals surface area contributed by atoms with Crippen LogP contribution in [0.4, 0.5) is 0 Å². The van der Waals surface area contributed by atoms with Gasteiger partial charge in [0.05, 0.1) is 18.2 Å². The lowest BCUT2D eigenvalue weighted by Crippen LogP contribution is -2.39. The zero-order valence-corrected chi connectivity index (χ0v) is 19.2. The van der Waals surface area contributed by atoms with Crippen LogP contribution in [-0.4, -0.2) is 39.8 Å². The molecule has 5 rings (SSSR count). The zero-order valence-electron chi connectivity index (χ0n) is 19.2. The van der Waals surface area contributed by atoms with Gasteiger partial charge in [0.25, 0.3) is 0 Å². The SMILES string of the molecule is Cc1c[nH]c(-c2cc(Oc3ccc4c(c3)CC(C(=O)NCC(=O)c3ccccc3)CO4)ccn2)n1. The Morgan fingerprint density at radius 1 is 1.11 bits per heavy atom. The molecule has 0 saturated carbocycles. The number of amides is 1. The van der Waals surface area contributed by atoms with Gasteiger partial charge in [-0.2, -0.15) is 0 Å². The summed E-state index contributed by atoms with van der Waals surface area (Å²) in [6.45, 7) is 2.12. The number of ether oxygens (including phenoxy) is 2. The van der Waals surface area contributed by atoms with E-state index in [1.54, 1.807) is 36.5 Å². The first-order valence-electron chi connectivity index (χ1n) is 11.3. The van der Waals surface area contributed by atoms with Crippen LogP contribution in [0, 0.1) is 12.8 Å². The number of aryl methyl sites for hydroxylation is 1. The number of hydrogen-bond acceptors (Lipinski definition) is 6. The minimum Gasteiger partial charge on any atom is -0.492 e. The lowest BCUT2D eigenvalue weighted by atomic mass is 9.95. The molecule has 1 unspecified atom stereocenters. The molecule has 2 aromatic carbocycles. The third-order valence-corrected chi connectivity index (χ3v) is 5.74. The van der Waals surface area contributed by atoms with Crippen molar-refractivity contribution >= 4 is 11.7 Å². The summed E-state index contributed by atoms with van der Waals surface area (Å²) in [4.78, 5) is 36.8. The minimum absolute atomic E-state index is 0.0467. The van der Waals surface area contributed by atoms with Gasteiger partial charge < -0.3 is 19.8 Å². The van der Waals surface area contributed by atoms with Crippen molar-refractivity contribution in [2.24, 2.45) is 5.92 Å². The van der Waals surface area contributed by atoms with Crippen LogP contribution in [0.3, 0.4) is 0 Å². The van der Waals surface area contributed by atoms with Crippen molar-refractivity contribution in [3.63, 3.8) is 0 Å². The Hall–Kier alpha value is -4.46. The largest absolute Gasteiger partial charge is 0.492 e. The second-order valence-electron chi connectivity index (χ2n) is 8.36. The Balaban J connectivity index is 1.23. The van der Waals surface area contributed by atoms with E-state index in [1.165, 1.54) is 0 Å². The number of benzene rings is 2. The van der Waals surface area contributed by atoms with E-state index in [9.17, 15) is 9.59 Å². The highest BCUT2D eigenvalue weighted by Gasteiger charge is 2.27. The zero-order chi connectivity index (χ0) is 24.2. The van der Waals surface area contributed by atoms with E-state index in [4.69, 9.17) is 9.47 Å². The molecule has 35 heavy (non-hydrogen) atoms. The van der Waals surface area contributed by atoms with Gasteiger partial charge in [-0.05, 0) is 43.2 Å². The Kier molecular flexibility index (Phi) is 6.26. The molecule has 1 aliphatic rings. The van der Waals surface area contributed by atoms with Crippen LogP contribution in [0.25, 0.3) is 11.5 Å². The lowest BCUT2D eigenvalue weighted by Gasteiger charge is -2.25. The summed E-state index contributed by atoms with van der Waals surface area (Å²) in [6.07, 6.45) is 3.98. The Morgan fingerprint density at radius 3 is 2.74 bits per heavy atom. The van der Waals surface area contributed by atoms with Gasteiger partial charge in [-0.15, -0.1) is 0 Å². The van der Waals surface area contributed by atoms with Crippen LogP contribution >= 0.6 is 0 Å². The van der Waals surface area contributed by atoms with Gasteiger partial charge in [0.2, 0.25) is 5.91 Å². The third kappa shape index (κ3) is 5.22. The number of carbonyl (C=O) groups is 2. The van der Waals surface area contributed by atoms with Crippen LogP contribution in [-0.2, 0) is 11.2 Å². The van der Waals surface area contributed by atoms with Crippen molar-refractivity contribution in [2.75, 3.05) is 13.2 Å². The molecular formula is C27H24N4O4. The summed E-state index contributed by atoms with van der Waals surface area (Å²) in [5.74, 6) is 1.91. The number of nitrogens with zero attached hydrogens (tertiary/aromatic N) is 2. The van der Waals surface area contributed by atoms with Crippen LogP contribution in [0.5, 0.6) is 17.2 Å². The molecule has 1 aliphatic heterocycles. The average Bonchev–Trinajstić information content (AvgIpc) is 3.33. The Bertz CT molecular complexity index is 1370. The highest BCUT2D eigenvalue weighted by Crippen LogP contribution is 2.33. The van der Waals surface area contributed by atoms with Gasteiger partial charge in [-0.1, -0.05) is 30.3 Å². The molecule has 1 amide bonds. The summed E-state index contributed by atoms with van der Waals surface area (Å²) in [5, 5.41) is 2.74. The van der Waals surface area contributed by atoms with Crippen molar-refractivity contribution in [2.45, 2.75) is 13.3 Å². The van der Waals surface area contributed by atoms with Crippen molar-refractivity contribution < 1.29 is 19.1 Å². The number of nitrogens with one attached hydrogen (secondary N) is 2. The fourth-order valence-corrected chi connectivity index (χ4v) is 3.93. The van der Waals surface area contributed by atoms with Crippen molar-refractivity contribution in [1.29, 1.82) is 0 Å². The topological polar surface area (TPSA) is 106 Å². The third-order valence-electron chi connectivity index (χ3n) is 5.74. The number of ketones is 1. The number of aromatic amines is 1. The van der Waals surface area contributed by atoms with Gasteiger partial charge in [0, 0.05) is 24.0 Å². The second kappa shape index (κ2) is 9.80. The van der Waals surface area contributed by atoms with E-state index in [-0.39, 0.29) is 24.8 Å². The number of rotatable bonds is 7.